The van der Waals surface area contributed by atoms with Crippen molar-refractivity contribution in [2.24, 2.45) is 0 Å². The lowest BCUT2D eigenvalue weighted by Crippen LogP contribution is -2.27. The van der Waals surface area contributed by atoms with Crippen molar-refractivity contribution in [3.63, 3.8) is 0 Å². The molecule has 2 N–H and O–H groups in total. The van der Waals surface area contributed by atoms with Gasteiger partial charge in [0.2, 0.25) is 5.95 Å². The first-order chi connectivity index (χ1) is 17.2. The van der Waals surface area contributed by atoms with Crippen molar-refractivity contribution in [3.05, 3.63) is 48.5 Å². The van der Waals surface area contributed by atoms with E-state index in [1.54, 1.807) is 17.8 Å². The van der Waals surface area contributed by atoms with Crippen LogP contribution < -0.4 is 10.6 Å². The largest absolute Gasteiger partial charge is 0.471 e. The first kappa shape index (κ1) is 27.0. The van der Waals surface area contributed by atoms with E-state index in [0.717, 1.165) is 25.8 Å². The number of amides is 1. The lowest BCUT2D eigenvalue weighted by Gasteiger charge is -2.17. The molecule has 0 aromatic carbocycles. The van der Waals surface area contributed by atoms with Gasteiger partial charge >= 0.3 is 6.18 Å². The molecule has 0 atom stereocenters. The number of anilines is 3. The van der Waals surface area contributed by atoms with E-state index >= 15 is 0 Å². The highest BCUT2D eigenvalue weighted by Crippen LogP contribution is 2.34. The number of aromatic nitrogens is 4. The maximum Gasteiger partial charge on any atom is 0.421 e. The number of aryl methyl sites for hydroxylation is 1. The maximum absolute atomic E-state index is 13.5. The van der Waals surface area contributed by atoms with Crippen molar-refractivity contribution in [2.75, 3.05) is 43.4 Å². The fourth-order valence-corrected chi connectivity index (χ4v) is 3.51. The maximum atomic E-state index is 13.5. The summed E-state index contributed by atoms with van der Waals surface area (Å²) in [4.78, 5) is 23.5. The van der Waals surface area contributed by atoms with Crippen molar-refractivity contribution < 1.29 is 22.7 Å². The van der Waals surface area contributed by atoms with Gasteiger partial charge in [0.1, 0.15) is 17.6 Å². The monoisotopic (exact) mass is 508 g/mol. The molecule has 1 aliphatic rings. The first-order valence-corrected chi connectivity index (χ1v) is 11.7. The minimum Gasteiger partial charge on any atom is -0.471 e. The molecule has 2 aromatic rings. The van der Waals surface area contributed by atoms with Gasteiger partial charge in [-0.05, 0) is 26.4 Å². The van der Waals surface area contributed by atoms with Crippen LogP contribution in [0.2, 0.25) is 0 Å². The number of nitrogens with one attached hydrogen (secondary N) is 2. The average Bonchev–Trinajstić information content (AvgIpc) is 3.04. The van der Waals surface area contributed by atoms with Gasteiger partial charge < -0.3 is 25.2 Å². The Morgan fingerprint density at radius 1 is 1.17 bits per heavy atom. The van der Waals surface area contributed by atoms with Crippen LogP contribution in [0, 0.1) is 6.92 Å². The summed E-state index contributed by atoms with van der Waals surface area (Å²) >= 11 is 0. The first-order valence-electron chi connectivity index (χ1n) is 11.7. The number of hydrogen-bond acceptors (Lipinski definition) is 8. The van der Waals surface area contributed by atoms with Crippen molar-refractivity contribution in [2.45, 2.75) is 39.9 Å². The molecule has 3 rings (SSSR count). The predicted octanol–water partition coefficient (Wildman–Crippen LogP) is 3.73. The highest BCUT2D eigenvalue weighted by molar-refractivity contribution is 5.88. The summed E-state index contributed by atoms with van der Waals surface area (Å²) in [5.41, 5.74) is 0.324. The van der Waals surface area contributed by atoms with Crippen LogP contribution >= 0.6 is 0 Å². The molecule has 0 spiro atoms. The van der Waals surface area contributed by atoms with Crippen LogP contribution in [-0.2, 0) is 22.3 Å². The Morgan fingerprint density at radius 2 is 1.94 bits per heavy atom. The molecule has 0 radical (unpaired) electrons. The van der Waals surface area contributed by atoms with E-state index < -0.39 is 11.7 Å². The summed E-state index contributed by atoms with van der Waals surface area (Å²) in [7, 11) is 0. The number of nitrogens with zero attached hydrogens (tertiary/aromatic N) is 6. The minimum absolute atomic E-state index is 0.0183. The summed E-state index contributed by atoms with van der Waals surface area (Å²) < 4.78 is 47.3. The number of carbonyl (C=O) groups is 1. The fourth-order valence-electron chi connectivity index (χ4n) is 3.51. The van der Waals surface area contributed by atoms with Crippen LogP contribution in [0.5, 0.6) is 0 Å². The SMILES string of the molecule is CCN(CC)CCn1cc(Nc2ncc(C(F)(F)F)c(NCCCN3C=COC=CC3=O)n2)c(C)n1. The standard InChI is InChI=1S/C23H31F3N8O2/c1-4-32(5-2)10-11-34-16-19(17(3)31-34)29-22-28-15-18(23(24,25)26)21(30-22)27-8-6-9-33-12-14-36-13-7-20(33)35/h7,12-16H,4-6,8-11H2,1-3H3,(H2,27,28,29,30). The summed E-state index contributed by atoms with van der Waals surface area (Å²) in [5, 5.41) is 10.2. The van der Waals surface area contributed by atoms with Crippen LogP contribution in [0.15, 0.2) is 37.2 Å². The Morgan fingerprint density at radius 3 is 2.67 bits per heavy atom. The van der Waals surface area contributed by atoms with Gasteiger partial charge in [-0.3, -0.25) is 9.48 Å². The Kier molecular flexibility index (Phi) is 9.28. The van der Waals surface area contributed by atoms with E-state index in [2.05, 4.69) is 44.4 Å². The molecule has 13 heteroatoms. The van der Waals surface area contributed by atoms with Crippen LogP contribution in [0.4, 0.5) is 30.6 Å². The molecule has 36 heavy (non-hydrogen) atoms. The van der Waals surface area contributed by atoms with Crippen molar-refractivity contribution in [1.82, 2.24) is 29.5 Å². The molecule has 0 aliphatic carbocycles. The van der Waals surface area contributed by atoms with Crippen molar-refractivity contribution in [1.29, 1.82) is 0 Å². The van der Waals surface area contributed by atoms with Gasteiger partial charge in [-0.15, -0.1) is 0 Å². The third-order valence-corrected chi connectivity index (χ3v) is 5.59. The molecule has 0 saturated carbocycles. The molecule has 1 aliphatic heterocycles. The lowest BCUT2D eigenvalue weighted by molar-refractivity contribution is -0.137. The average molecular weight is 509 g/mol. The van der Waals surface area contributed by atoms with Crippen molar-refractivity contribution in [3.8, 4) is 0 Å². The molecule has 3 heterocycles. The topological polar surface area (TPSA) is 100 Å². The molecule has 0 unspecified atom stereocenters. The van der Waals surface area contributed by atoms with E-state index in [1.807, 2.05) is 0 Å². The van der Waals surface area contributed by atoms with Gasteiger partial charge in [0.15, 0.2) is 0 Å². The molecular weight excluding hydrogens is 477 g/mol. The van der Waals surface area contributed by atoms with E-state index in [1.165, 1.54) is 29.7 Å². The lowest BCUT2D eigenvalue weighted by atomic mass is 10.3. The number of alkyl halides is 3. The van der Waals surface area contributed by atoms with Crippen LogP contribution in [-0.4, -0.2) is 68.2 Å². The van der Waals surface area contributed by atoms with Gasteiger partial charge in [-0.25, -0.2) is 4.98 Å². The molecule has 0 fully saturated rings. The van der Waals surface area contributed by atoms with Crippen LogP contribution in [0.3, 0.4) is 0 Å². The molecule has 1 amide bonds. The van der Waals surface area contributed by atoms with Crippen molar-refractivity contribution >= 4 is 23.4 Å². The third kappa shape index (κ3) is 7.44. The van der Waals surface area contributed by atoms with Crippen LogP contribution in [0.25, 0.3) is 0 Å². The second-order valence-electron chi connectivity index (χ2n) is 8.03. The quantitative estimate of drug-likeness (QED) is 0.419. The number of halogens is 3. The zero-order valence-corrected chi connectivity index (χ0v) is 20.5. The van der Waals surface area contributed by atoms with Gasteiger partial charge in [0.25, 0.3) is 5.91 Å². The Hall–Kier alpha value is -3.61. The molecule has 0 bridgehead atoms. The van der Waals surface area contributed by atoms with Gasteiger partial charge in [0, 0.05) is 44.3 Å². The zero-order chi connectivity index (χ0) is 26.1. The number of carbonyl (C=O) groups excluding carboxylic acids is 1. The number of likely N-dealkylation sites (N-methyl/N-ethyl adjacent to an activating group) is 1. The molecule has 2 aromatic heterocycles. The summed E-state index contributed by atoms with van der Waals surface area (Å²) in [6, 6.07) is 0. The van der Waals surface area contributed by atoms with E-state index in [0.29, 0.717) is 30.9 Å². The second-order valence-corrected chi connectivity index (χ2v) is 8.03. The minimum atomic E-state index is -4.63. The zero-order valence-electron chi connectivity index (χ0n) is 20.5. The molecule has 0 saturated heterocycles. The highest BCUT2D eigenvalue weighted by atomic mass is 19.4. The van der Waals surface area contributed by atoms with Gasteiger partial charge in [-0.1, -0.05) is 13.8 Å². The summed E-state index contributed by atoms with van der Waals surface area (Å²) in [5.74, 6) is -0.599. The van der Waals surface area contributed by atoms with E-state index in [4.69, 9.17) is 4.74 Å². The molecule has 10 nitrogen and oxygen atoms in total. The van der Waals surface area contributed by atoms with Gasteiger partial charge in [0.05, 0.1) is 24.2 Å². The number of rotatable bonds is 12. The second kappa shape index (κ2) is 12.4. The predicted molar refractivity (Wildman–Crippen MR) is 129 cm³/mol. The fraction of sp³-hybridized carbons (Fsp3) is 0.478. The van der Waals surface area contributed by atoms with Crippen LogP contribution in [0.1, 0.15) is 31.5 Å². The summed E-state index contributed by atoms with van der Waals surface area (Å²) in [6.45, 7) is 9.83. The van der Waals surface area contributed by atoms with E-state index in [-0.39, 0.29) is 24.2 Å². The Labute approximate surface area is 207 Å². The third-order valence-electron chi connectivity index (χ3n) is 5.59. The van der Waals surface area contributed by atoms with Gasteiger partial charge in [-0.2, -0.15) is 23.3 Å². The number of ether oxygens (including phenoxy) is 1. The Balaban J connectivity index is 1.66. The number of hydrogen-bond donors (Lipinski definition) is 2. The normalized spacial score (nSPS) is 13.8. The summed E-state index contributed by atoms with van der Waals surface area (Å²) in [6.07, 6.45) is 3.65. The Bertz CT molecular complexity index is 1080. The smallest absolute Gasteiger partial charge is 0.421 e. The molecule has 196 valence electrons. The van der Waals surface area contributed by atoms with E-state index in [9.17, 15) is 18.0 Å². The highest BCUT2D eigenvalue weighted by Gasteiger charge is 2.35. The molecular formula is C23H31F3N8O2.